The Kier molecular flexibility index (Phi) is 4.75. The number of halogens is 1. The van der Waals surface area contributed by atoms with Gasteiger partial charge in [0.15, 0.2) is 7.14 Å². The van der Waals surface area contributed by atoms with Gasteiger partial charge in [-0.3, -0.25) is 4.79 Å². The highest BCUT2D eigenvalue weighted by Gasteiger charge is 2.15. The van der Waals surface area contributed by atoms with Crippen LogP contribution in [0.5, 0.6) is 0 Å². The van der Waals surface area contributed by atoms with Gasteiger partial charge in [-0.15, -0.1) is 0 Å². The topological polar surface area (TPSA) is 26.3 Å². The highest BCUT2D eigenvalue weighted by Crippen LogP contribution is 2.00. The van der Waals surface area contributed by atoms with Gasteiger partial charge in [0.25, 0.3) is 0 Å². The van der Waals surface area contributed by atoms with E-state index in [2.05, 4.69) is 41.1 Å². The lowest BCUT2D eigenvalue weighted by Crippen LogP contribution is -3.61. The molecule has 0 saturated carbocycles. The first-order chi connectivity index (χ1) is 8.78. The molecule has 2 aromatic carbocycles. The van der Waals surface area contributed by atoms with Gasteiger partial charge in [-0.05, 0) is 29.8 Å². The van der Waals surface area contributed by atoms with Crippen LogP contribution in [-0.4, -0.2) is 13.1 Å². The molecule has 0 aliphatic heterocycles. The average Bonchev–Trinajstić information content (AvgIpc) is 2.40. The average molecular weight is 353 g/mol. The standard InChI is InChI=1S/C15H14IO2/c1-18-15(17)11-12-6-5-9-14(10-12)16-13-7-3-2-4-8-13/h2-10H,11H2,1H3/q+1. The summed E-state index contributed by atoms with van der Waals surface area (Å²) < 4.78 is 7.38. The van der Waals surface area contributed by atoms with E-state index >= 15 is 0 Å². The van der Waals surface area contributed by atoms with Gasteiger partial charge in [0.05, 0.1) is 13.5 Å². The van der Waals surface area contributed by atoms with Crippen LogP contribution in [0, 0.1) is 7.14 Å². The van der Waals surface area contributed by atoms with Gasteiger partial charge in [-0.25, -0.2) is 0 Å². The third-order valence-electron chi connectivity index (χ3n) is 2.42. The Bertz CT molecular complexity index is 523. The maximum atomic E-state index is 11.2. The molecule has 0 atom stereocenters. The molecule has 92 valence electrons. The van der Waals surface area contributed by atoms with Crippen LogP contribution in [0.1, 0.15) is 5.56 Å². The minimum Gasteiger partial charge on any atom is -0.469 e. The first-order valence-corrected chi connectivity index (χ1v) is 7.79. The van der Waals surface area contributed by atoms with Gasteiger partial charge in [-0.1, -0.05) is 30.3 Å². The molecule has 2 rings (SSSR count). The Morgan fingerprint density at radius 1 is 1.06 bits per heavy atom. The number of esters is 1. The SMILES string of the molecule is COC(=O)Cc1cccc([I+]c2ccccc2)c1. The van der Waals surface area contributed by atoms with Crippen LogP contribution in [0.4, 0.5) is 0 Å². The molecule has 0 radical (unpaired) electrons. The third kappa shape index (κ3) is 3.84. The van der Waals surface area contributed by atoms with E-state index in [1.807, 2.05) is 18.2 Å². The fourth-order valence-electron chi connectivity index (χ4n) is 1.55. The molecule has 2 nitrogen and oxygen atoms in total. The highest BCUT2D eigenvalue weighted by molar-refractivity contribution is 5.72. The predicted molar refractivity (Wildman–Crippen MR) is 66.0 cm³/mol. The fraction of sp³-hybridized carbons (Fsp3) is 0.133. The summed E-state index contributed by atoms with van der Waals surface area (Å²) in [6.45, 7) is 0. The second-order valence-electron chi connectivity index (χ2n) is 3.77. The molecule has 0 amide bonds. The maximum absolute atomic E-state index is 11.2. The van der Waals surface area contributed by atoms with Crippen molar-refractivity contribution in [2.24, 2.45) is 0 Å². The van der Waals surface area contributed by atoms with E-state index < -0.39 is 0 Å². The molecule has 0 bridgehead atoms. The molecular weight excluding hydrogens is 339 g/mol. The molecular formula is C15H14IO2+. The number of benzene rings is 2. The Morgan fingerprint density at radius 3 is 2.50 bits per heavy atom. The Labute approximate surface area is 117 Å². The lowest BCUT2D eigenvalue weighted by Gasteiger charge is -1.98. The largest absolute Gasteiger partial charge is 0.469 e. The molecule has 0 aliphatic rings. The summed E-state index contributed by atoms with van der Waals surface area (Å²) in [5.74, 6) is -0.190. The summed E-state index contributed by atoms with van der Waals surface area (Å²) in [5, 5.41) is 0. The summed E-state index contributed by atoms with van der Waals surface area (Å²) >= 11 is -0.171. The van der Waals surface area contributed by atoms with Crippen molar-refractivity contribution in [3.63, 3.8) is 0 Å². The summed E-state index contributed by atoms with van der Waals surface area (Å²) in [7, 11) is 1.42. The normalized spacial score (nSPS) is 10.1. The van der Waals surface area contributed by atoms with Gasteiger partial charge in [-0.2, -0.15) is 0 Å². The van der Waals surface area contributed by atoms with Crippen molar-refractivity contribution >= 4 is 5.97 Å². The van der Waals surface area contributed by atoms with Crippen molar-refractivity contribution in [1.29, 1.82) is 0 Å². The number of hydrogen-bond donors (Lipinski definition) is 0. The molecule has 0 aliphatic carbocycles. The summed E-state index contributed by atoms with van der Waals surface area (Å²) in [6, 6.07) is 18.7. The van der Waals surface area contributed by atoms with Crippen molar-refractivity contribution in [3.8, 4) is 0 Å². The molecule has 0 heterocycles. The smallest absolute Gasteiger partial charge is 0.357 e. The van der Waals surface area contributed by atoms with Crippen molar-refractivity contribution in [1.82, 2.24) is 0 Å². The minimum absolute atomic E-state index is 0.171. The summed E-state index contributed by atoms with van der Waals surface area (Å²) in [6.07, 6.45) is 0.350. The van der Waals surface area contributed by atoms with Crippen LogP contribution >= 0.6 is 0 Å². The zero-order chi connectivity index (χ0) is 12.8. The van der Waals surface area contributed by atoms with Crippen LogP contribution in [0.15, 0.2) is 54.6 Å². The van der Waals surface area contributed by atoms with Gasteiger partial charge in [0, 0.05) is 0 Å². The first kappa shape index (κ1) is 13.1. The van der Waals surface area contributed by atoms with Gasteiger partial charge >= 0.3 is 27.2 Å². The molecule has 18 heavy (non-hydrogen) atoms. The molecule has 0 fully saturated rings. The van der Waals surface area contributed by atoms with E-state index in [-0.39, 0.29) is 27.2 Å². The van der Waals surface area contributed by atoms with E-state index in [1.54, 1.807) is 0 Å². The predicted octanol–water partition coefficient (Wildman–Crippen LogP) is -0.469. The number of rotatable bonds is 4. The lowest BCUT2D eigenvalue weighted by molar-refractivity contribution is -0.597. The fourth-order valence-corrected chi connectivity index (χ4v) is 3.99. The van der Waals surface area contributed by atoms with E-state index in [1.165, 1.54) is 14.3 Å². The number of carbonyl (C=O) groups excluding carboxylic acids is 1. The summed E-state index contributed by atoms with van der Waals surface area (Å²) in [4.78, 5) is 11.2. The number of methoxy groups -OCH3 is 1. The number of ether oxygens (including phenoxy) is 1. The van der Waals surface area contributed by atoms with Gasteiger partial charge in [0.2, 0.25) is 0 Å². The van der Waals surface area contributed by atoms with Gasteiger partial charge in [0.1, 0.15) is 0 Å². The van der Waals surface area contributed by atoms with E-state index in [9.17, 15) is 4.79 Å². The van der Waals surface area contributed by atoms with Crippen LogP contribution in [0.2, 0.25) is 0 Å². The van der Waals surface area contributed by atoms with Crippen molar-refractivity contribution in [3.05, 3.63) is 67.3 Å². The lowest BCUT2D eigenvalue weighted by atomic mass is 10.2. The Balaban J connectivity index is 2.10. The van der Waals surface area contributed by atoms with E-state index in [4.69, 9.17) is 0 Å². The number of hydrogen-bond acceptors (Lipinski definition) is 2. The minimum atomic E-state index is -0.190. The zero-order valence-electron chi connectivity index (χ0n) is 10.1. The number of carbonyl (C=O) groups is 1. The van der Waals surface area contributed by atoms with Crippen LogP contribution in [0.25, 0.3) is 0 Å². The van der Waals surface area contributed by atoms with Crippen LogP contribution in [0.3, 0.4) is 0 Å². The summed E-state index contributed by atoms with van der Waals surface area (Å²) in [5.41, 5.74) is 1.02. The van der Waals surface area contributed by atoms with E-state index in [0.29, 0.717) is 6.42 Å². The van der Waals surface area contributed by atoms with Crippen LogP contribution in [-0.2, 0) is 16.0 Å². The zero-order valence-corrected chi connectivity index (χ0v) is 12.3. The monoisotopic (exact) mass is 353 g/mol. The van der Waals surface area contributed by atoms with Crippen LogP contribution < -0.4 is 21.2 Å². The molecule has 0 spiro atoms. The molecule has 0 saturated heterocycles. The van der Waals surface area contributed by atoms with Gasteiger partial charge < -0.3 is 4.74 Å². The quantitative estimate of drug-likeness (QED) is 0.549. The van der Waals surface area contributed by atoms with Crippen molar-refractivity contribution in [2.45, 2.75) is 6.42 Å². The molecule has 3 heteroatoms. The molecule has 0 aromatic heterocycles. The highest BCUT2D eigenvalue weighted by atomic mass is 127. The Hall–Kier alpha value is -1.36. The second-order valence-corrected chi connectivity index (χ2v) is 6.80. The second kappa shape index (κ2) is 6.54. The Morgan fingerprint density at radius 2 is 1.78 bits per heavy atom. The first-order valence-electron chi connectivity index (χ1n) is 5.63. The van der Waals surface area contributed by atoms with Crippen molar-refractivity contribution in [2.75, 3.05) is 7.11 Å². The maximum Gasteiger partial charge on any atom is 0.357 e. The molecule has 2 aromatic rings. The molecule has 0 unspecified atom stereocenters. The van der Waals surface area contributed by atoms with E-state index in [0.717, 1.165) is 5.56 Å². The third-order valence-corrected chi connectivity index (χ3v) is 5.05. The molecule has 0 N–H and O–H groups in total. The van der Waals surface area contributed by atoms with Crippen molar-refractivity contribution < 1.29 is 30.7 Å².